The molecule has 1 N–H and O–H groups in total. The van der Waals surface area contributed by atoms with Crippen molar-refractivity contribution < 1.29 is 9.90 Å². The van der Waals surface area contributed by atoms with Crippen molar-refractivity contribution in [2.24, 2.45) is 0 Å². The Morgan fingerprint density at radius 3 is 2.28 bits per heavy atom. The van der Waals surface area contributed by atoms with Gasteiger partial charge in [0.25, 0.3) is 0 Å². The second-order valence-electron chi connectivity index (χ2n) is 4.83. The van der Waals surface area contributed by atoms with Gasteiger partial charge in [-0.25, -0.2) is 0 Å². The first kappa shape index (κ1) is 14.7. The zero-order valence-electron chi connectivity index (χ0n) is 11.7. The van der Waals surface area contributed by atoms with Crippen LogP contribution in [0.3, 0.4) is 0 Å². The standard InChI is InChI=1S/C15H23NO2/c1-5-16(6-2)15(4,11-14(17)18)13-10-8-7-9-12(13)3/h7-10H,5-6,11H2,1-4H3,(H,17,18). The van der Waals surface area contributed by atoms with Crippen molar-refractivity contribution in [3.63, 3.8) is 0 Å². The van der Waals surface area contributed by atoms with Gasteiger partial charge in [-0.05, 0) is 38.1 Å². The molecular formula is C15H23NO2. The number of hydrogen-bond donors (Lipinski definition) is 1. The van der Waals surface area contributed by atoms with Crippen molar-refractivity contribution in [1.82, 2.24) is 4.90 Å². The Kier molecular flexibility index (Phi) is 4.91. The summed E-state index contributed by atoms with van der Waals surface area (Å²) in [5.74, 6) is -0.757. The maximum Gasteiger partial charge on any atom is 0.305 e. The molecule has 0 fully saturated rings. The van der Waals surface area contributed by atoms with Gasteiger partial charge in [0.2, 0.25) is 0 Å². The molecule has 1 unspecified atom stereocenters. The van der Waals surface area contributed by atoms with E-state index in [1.54, 1.807) is 0 Å². The molecule has 1 rings (SSSR count). The number of carboxylic acids is 1. The molecule has 0 aliphatic heterocycles. The van der Waals surface area contributed by atoms with E-state index >= 15 is 0 Å². The van der Waals surface area contributed by atoms with Gasteiger partial charge < -0.3 is 5.11 Å². The van der Waals surface area contributed by atoms with E-state index in [0.717, 1.165) is 24.2 Å². The molecule has 0 aliphatic rings. The molecule has 1 aromatic carbocycles. The minimum absolute atomic E-state index is 0.125. The van der Waals surface area contributed by atoms with Gasteiger partial charge in [-0.1, -0.05) is 38.1 Å². The van der Waals surface area contributed by atoms with Gasteiger partial charge in [-0.2, -0.15) is 0 Å². The molecule has 100 valence electrons. The third-order valence-electron chi connectivity index (χ3n) is 3.68. The predicted octanol–water partition coefficient (Wildman–Crippen LogP) is 3.03. The van der Waals surface area contributed by atoms with Gasteiger partial charge in [0.15, 0.2) is 0 Å². The largest absolute Gasteiger partial charge is 0.481 e. The lowest BCUT2D eigenvalue weighted by Crippen LogP contribution is -2.45. The molecule has 0 heterocycles. The average molecular weight is 249 g/mol. The highest BCUT2D eigenvalue weighted by Crippen LogP contribution is 2.33. The van der Waals surface area contributed by atoms with Crippen LogP contribution in [-0.4, -0.2) is 29.1 Å². The van der Waals surface area contributed by atoms with E-state index in [1.807, 2.05) is 38.1 Å². The SMILES string of the molecule is CCN(CC)C(C)(CC(=O)O)c1ccccc1C. The van der Waals surface area contributed by atoms with E-state index in [1.165, 1.54) is 0 Å². The molecule has 0 bridgehead atoms. The van der Waals surface area contributed by atoms with Crippen LogP contribution in [0.2, 0.25) is 0 Å². The molecule has 0 radical (unpaired) electrons. The van der Waals surface area contributed by atoms with Gasteiger partial charge in [-0.15, -0.1) is 0 Å². The van der Waals surface area contributed by atoms with Crippen LogP contribution in [0.15, 0.2) is 24.3 Å². The summed E-state index contributed by atoms with van der Waals surface area (Å²) < 4.78 is 0. The predicted molar refractivity (Wildman–Crippen MR) is 73.7 cm³/mol. The Morgan fingerprint density at radius 1 is 1.28 bits per heavy atom. The molecule has 18 heavy (non-hydrogen) atoms. The third kappa shape index (κ3) is 2.91. The topological polar surface area (TPSA) is 40.5 Å². The van der Waals surface area contributed by atoms with Crippen LogP contribution in [0.1, 0.15) is 38.3 Å². The van der Waals surface area contributed by atoms with E-state index in [0.29, 0.717) is 0 Å². The Balaban J connectivity index is 3.27. The minimum atomic E-state index is -0.757. The number of aryl methyl sites for hydroxylation is 1. The van der Waals surface area contributed by atoms with Crippen LogP contribution in [-0.2, 0) is 10.3 Å². The first-order valence-electron chi connectivity index (χ1n) is 6.48. The highest BCUT2D eigenvalue weighted by molar-refractivity contribution is 5.69. The lowest BCUT2D eigenvalue weighted by atomic mass is 9.84. The molecule has 0 spiro atoms. The van der Waals surface area contributed by atoms with Gasteiger partial charge in [0.1, 0.15) is 0 Å². The summed E-state index contributed by atoms with van der Waals surface area (Å²) in [6.45, 7) is 9.89. The molecule has 0 saturated carbocycles. The van der Waals surface area contributed by atoms with Crippen LogP contribution < -0.4 is 0 Å². The fourth-order valence-electron chi connectivity index (χ4n) is 2.77. The smallest absolute Gasteiger partial charge is 0.305 e. The summed E-state index contributed by atoms with van der Waals surface area (Å²) in [6.07, 6.45) is 0.125. The van der Waals surface area contributed by atoms with Crippen LogP contribution >= 0.6 is 0 Å². The molecular weight excluding hydrogens is 226 g/mol. The van der Waals surface area contributed by atoms with Gasteiger partial charge >= 0.3 is 5.97 Å². The van der Waals surface area contributed by atoms with Crippen molar-refractivity contribution in [3.05, 3.63) is 35.4 Å². The number of benzene rings is 1. The molecule has 0 aromatic heterocycles. The van der Waals surface area contributed by atoms with Gasteiger partial charge in [0, 0.05) is 0 Å². The van der Waals surface area contributed by atoms with Crippen molar-refractivity contribution >= 4 is 5.97 Å². The lowest BCUT2D eigenvalue weighted by molar-refractivity contribution is -0.140. The summed E-state index contributed by atoms with van der Waals surface area (Å²) in [4.78, 5) is 13.4. The minimum Gasteiger partial charge on any atom is -0.481 e. The Hall–Kier alpha value is -1.35. The summed E-state index contributed by atoms with van der Waals surface area (Å²) in [6, 6.07) is 8.05. The van der Waals surface area contributed by atoms with Gasteiger partial charge in [-0.3, -0.25) is 9.69 Å². The van der Waals surface area contributed by atoms with Crippen LogP contribution in [0, 0.1) is 6.92 Å². The number of carboxylic acid groups (broad SMARTS) is 1. The third-order valence-corrected chi connectivity index (χ3v) is 3.68. The number of aliphatic carboxylic acids is 1. The fourth-order valence-corrected chi connectivity index (χ4v) is 2.77. The maximum absolute atomic E-state index is 11.2. The van der Waals surface area contributed by atoms with Crippen molar-refractivity contribution in [3.8, 4) is 0 Å². The maximum atomic E-state index is 11.2. The molecule has 3 nitrogen and oxygen atoms in total. The normalized spacial score (nSPS) is 14.5. The van der Waals surface area contributed by atoms with E-state index in [2.05, 4.69) is 18.7 Å². The Morgan fingerprint density at radius 2 is 1.83 bits per heavy atom. The molecule has 0 aliphatic carbocycles. The monoisotopic (exact) mass is 249 g/mol. The number of rotatable bonds is 6. The summed E-state index contributed by atoms with van der Waals surface area (Å²) in [5.41, 5.74) is 1.81. The van der Waals surface area contributed by atoms with Crippen LogP contribution in [0.4, 0.5) is 0 Å². The summed E-state index contributed by atoms with van der Waals surface area (Å²) >= 11 is 0. The quantitative estimate of drug-likeness (QED) is 0.842. The second-order valence-corrected chi connectivity index (χ2v) is 4.83. The molecule has 0 amide bonds. The lowest BCUT2D eigenvalue weighted by Gasteiger charge is -2.40. The number of nitrogens with zero attached hydrogens (tertiary/aromatic N) is 1. The fraction of sp³-hybridized carbons (Fsp3) is 0.533. The van der Waals surface area contributed by atoms with Crippen molar-refractivity contribution in [2.75, 3.05) is 13.1 Å². The summed E-state index contributed by atoms with van der Waals surface area (Å²) in [7, 11) is 0. The highest BCUT2D eigenvalue weighted by Gasteiger charge is 2.35. The van der Waals surface area contributed by atoms with E-state index < -0.39 is 11.5 Å². The van der Waals surface area contributed by atoms with Crippen LogP contribution in [0.5, 0.6) is 0 Å². The zero-order valence-corrected chi connectivity index (χ0v) is 11.7. The van der Waals surface area contributed by atoms with Crippen LogP contribution in [0.25, 0.3) is 0 Å². The Bertz CT molecular complexity index is 413. The molecule has 0 saturated heterocycles. The highest BCUT2D eigenvalue weighted by atomic mass is 16.4. The molecule has 3 heteroatoms. The van der Waals surface area contributed by atoms with Crippen molar-refractivity contribution in [1.29, 1.82) is 0 Å². The van der Waals surface area contributed by atoms with E-state index in [4.69, 9.17) is 0 Å². The molecule has 1 aromatic rings. The second kappa shape index (κ2) is 6.01. The van der Waals surface area contributed by atoms with Crippen molar-refractivity contribution in [2.45, 2.75) is 39.7 Å². The first-order chi connectivity index (χ1) is 8.45. The van der Waals surface area contributed by atoms with E-state index in [9.17, 15) is 9.90 Å². The molecule has 1 atom stereocenters. The first-order valence-corrected chi connectivity index (χ1v) is 6.48. The summed E-state index contributed by atoms with van der Waals surface area (Å²) in [5, 5.41) is 9.21. The van der Waals surface area contributed by atoms with Gasteiger partial charge in [0.05, 0.1) is 12.0 Å². The zero-order chi connectivity index (χ0) is 13.8. The number of carbonyl (C=O) groups is 1. The van der Waals surface area contributed by atoms with E-state index in [-0.39, 0.29) is 6.42 Å². The number of hydrogen-bond acceptors (Lipinski definition) is 2. The average Bonchev–Trinajstić information content (AvgIpc) is 2.29. The Labute approximate surface area is 109 Å².